The third-order valence-electron chi connectivity index (χ3n) is 4.78. The van der Waals surface area contributed by atoms with Gasteiger partial charge in [0.05, 0.1) is 17.7 Å². The van der Waals surface area contributed by atoms with Crippen molar-refractivity contribution in [2.45, 2.75) is 17.8 Å². The van der Waals surface area contributed by atoms with Crippen LogP contribution in [0.5, 0.6) is 0 Å². The second-order valence-electron chi connectivity index (χ2n) is 6.61. The third-order valence-corrected chi connectivity index (χ3v) is 6.28. The highest BCUT2D eigenvalue weighted by Gasteiger charge is 2.50. The minimum atomic E-state index is -4.47. The normalized spacial score (nSPS) is 19.4. The molecule has 3 rings (SSSR count). The van der Waals surface area contributed by atoms with E-state index in [-0.39, 0.29) is 5.57 Å². The van der Waals surface area contributed by atoms with Crippen LogP contribution in [-0.2, 0) is 25.2 Å². The van der Waals surface area contributed by atoms with Gasteiger partial charge in [0.1, 0.15) is 10.3 Å². The number of benzene rings is 2. The number of halogens is 3. The quantitative estimate of drug-likeness (QED) is 0.526. The van der Waals surface area contributed by atoms with Crippen LogP contribution < -0.4 is 4.90 Å². The third kappa shape index (κ3) is 3.76. The van der Waals surface area contributed by atoms with Gasteiger partial charge in [0.25, 0.3) is 0 Å². The molecule has 152 valence electrons. The number of hydrogen-bond acceptors (Lipinski definition) is 5. The molecular weight excluding hydrogens is 403 g/mol. The van der Waals surface area contributed by atoms with Crippen molar-refractivity contribution in [3.05, 3.63) is 76.3 Å². The molecule has 1 atom stereocenters. The van der Waals surface area contributed by atoms with Gasteiger partial charge in [0.15, 0.2) is 5.78 Å². The summed E-state index contributed by atoms with van der Waals surface area (Å²) in [7, 11) is 2.90. The summed E-state index contributed by atoms with van der Waals surface area (Å²) in [5.41, 5.74) is 0.202. The fraction of sp³-hybridized carbons (Fsp3) is 0.238. The van der Waals surface area contributed by atoms with E-state index in [9.17, 15) is 22.8 Å². The molecule has 2 aromatic carbocycles. The average molecular weight is 421 g/mol. The second kappa shape index (κ2) is 7.59. The predicted octanol–water partition coefficient (Wildman–Crippen LogP) is 4.76. The van der Waals surface area contributed by atoms with Crippen molar-refractivity contribution in [1.29, 1.82) is 0 Å². The highest BCUT2D eigenvalue weighted by Crippen LogP contribution is 2.52. The summed E-state index contributed by atoms with van der Waals surface area (Å²) in [4.78, 5) is 27.3. The number of nitrogens with zero attached hydrogens (tertiary/aromatic N) is 1. The van der Waals surface area contributed by atoms with E-state index < -0.39 is 28.2 Å². The maximum absolute atomic E-state index is 13.2. The Bertz CT molecular complexity index is 971. The summed E-state index contributed by atoms with van der Waals surface area (Å²) >= 11 is 1.12. The standard InChI is InChI=1S/C21H18F3NO3S/c1-20(13-9-11-14(12-10-13)21(22,23)24)17(26)16(19(27)28-3)18(29-20)25(2)15-7-5-4-6-8-15/h4-12H,1-3H3. The van der Waals surface area contributed by atoms with Gasteiger partial charge in [-0.3, -0.25) is 4.79 Å². The number of esters is 1. The largest absolute Gasteiger partial charge is 0.465 e. The van der Waals surface area contributed by atoms with Gasteiger partial charge in [-0.2, -0.15) is 13.2 Å². The van der Waals surface area contributed by atoms with Crippen molar-refractivity contribution < 1.29 is 27.5 Å². The maximum atomic E-state index is 13.2. The molecule has 1 aliphatic rings. The Morgan fingerprint density at radius 3 is 2.17 bits per heavy atom. The molecule has 0 saturated heterocycles. The molecular formula is C21H18F3NO3S. The number of thioether (sulfide) groups is 1. The van der Waals surface area contributed by atoms with Gasteiger partial charge in [-0.1, -0.05) is 42.1 Å². The molecule has 8 heteroatoms. The Balaban J connectivity index is 2.04. The molecule has 0 radical (unpaired) electrons. The van der Waals surface area contributed by atoms with E-state index in [1.165, 1.54) is 19.2 Å². The van der Waals surface area contributed by atoms with Crippen molar-refractivity contribution >= 4 is 29.2 Å². The first-order valence-corrected chi connectivity index (χ1v) is 9.44. The molecule has 0 fully saturated rings. The summed E-state index contributed by atoms with van der Waals surface area (Å²) in [5, 5.41) is 0.385. The van der Waals surface area contributed by atoms with Crippen LogP contribution in [0.1, 0.15) is 18.1 Å². The van der Waals surface area contributed by atoms with E-state index in [2.05, 4.69) is 0 Å². The Kier molecular flexibility index (Phi) is 5.49. The van der Waals surface area contributed by atoms with Crippen LogP contribution in [0.2, 0.25) is 0 Å². The zero-order valence-corrected chi connectivity index (χ0v) is 16.7. The molecule has 0 N–H and O–H groups in total. The van der Waals surface area contributed by atoms with E-state index in [4.69, 9.17) is 4.74 Å². The Morgan fingerprint density at radius 1 is 1.07 bits per heavy atom. The van der Waals surface area contributed by atoms with Crippen molar-refractivity contribution in [3.63, 3.8) is 0 Å². The Labute approximate surface area is 170 Å². The van der Waals surface area contributed by atoms with Crippen molar-refractivity contribution in [2.24, 2.45) is 0 Å². The number of alkyl halides is 3. The molecule has 0 saturated carbocycles. The number of carbonyl (C=O) groups excluding carboxylic acids is 2. The van der Waals surface area contributed by atoms with Crippen LogP contribution in [0.25, 0.3) is 0 Å². The van der Waals surface area contributed by atoms with Crippen LogP contribution in [0.4, 0.5) is 18.9 Å². The molecule has 29 heavy (non-hydrogen) atoms. The lowest BCUT2D eigenvalue weighted by molar-refractivity contribution is -0.138. The zero-order chi connectivity index (χ0) is 21.4. The van der Waals surface area contributed by atoms with Crippen LogP contribution in [0.3, 0.4) is 0 Å². The topological polar surface area (TPSA) is 46.6 Å². The van der Waals surface area contributed by atoms with E-state index in [1.807, 2.05) is 30.3 Å². The molecule has 0 amide bonds. The minimum Gasteiger partial charge on any atom is -0.465 e. The zero-order valence-electron chi connectivity index (χ0n) is 15.9. The highest BCUT2D eigenvalue weighted by molar-refractivity contribution is 8.05. The highest BCUT2D eigenvalue weighted by atomic mass is 32.2. The van der Waals surface area contributed by atoms with E-state index in [1.54, 1.807) is 18.9 Å². The smallest absolute Gasteiger partial charge is 0.416 e. The molecule has 2 aromatic rings. The molecule has 0 spiro atoms. The number of ether oxygens (including phenoxy) is 1. The number of anilines is 1. The minimum absolute atomic E-state index is 0.119. The summed E-state index contributed by atoms with van der Waals surface area (Å²) in [6.07, 6.45) is -4.47. The molecule has 1 heterocycles. The van der Waals surface area contributed by atoms with Gasteiger partial charge < -0.3 is 9.64 Å². The lowest BCUT2D eigenvalue weighted by atomic mass is 9.91. The molecule has 0 aliphatic carbocycles. The van der Waals surface area contributed by atoms with Gasteiger partial charge in [0, 0.05) is 12.7 Å². The number of methoxy groups -OCH3 is 1. The first kappa shape index (κ1) is 21.0. The van der Waals surface area contributed by atoms with Gasteiger partial charge in [-0.05, 0) is 36.8 Å². The van der Waals surface area contributed by atoms with Crippen molar-refractivity contribution in [3.8, 4) is 0 Å². The number of para-hydroxylation sites is 1. The number of ketones is 1. The lowest BCUT2D eigenvalue weighted by Gasteiger charge is -2.26. The monoisotopic (exact) mass is 421 g/mol. The number of hydrogen-bond donors (Lipinski definition) is 0. The van der Waals surface area contributed by atoms with Gasteiger partial charge in [-0.15, -0.1) is 0 Å². The van der Waals surface area contributed by atoms with Crippen LogP contribution in [0.15, 0.2) is 65.2 Å². The predicted molar refractivity (Wildman–Crippen MR) is 105 cm³/mol. The van der Waals surface area contributed by atoms with Crippen LogP contribution in [0, 0.1) is 0 Å². The summed E-state index contributed by atoms with van der Waals surface area (Å²) in [6, 6.07) is 13.5. The second-order valence-corrected chi connectivity index (χ2v) is 8.01. The fourth-order valence-corrected chi connectivity index (χ4v) is 4.44. The molecule has 0 aromatic heterocycles. The summed E-state index contributed by atoms with van der Waals surface area (Å²) in [5.74, 6) is -1.29. The number of carbonyl (C=O) groups is 2. The molecule has 4 nitrogen and oxygen atoms in total. The van der Waals surface area contributed by atoms with E-state index in [0.717, 1.165) is 29.6 Å². The van der Waals surface area contributed by atoms with Crippen LogP contribution >= 0.6 is 11.8 Å². The Hall–Kier alpha value is -2.74. The molecule has 1 aliphatic heterocycles. The molecule has 1 unspecified atom stereocenters. The first-order chi connectivity index (χ1) is 13.6. The Morgan fingerprint density at radius 2 is 1.66 bits per heavy atom. The fourth-order valence-electron chi connectivity index (χ4n) is 3.08. The van der Waals surface area contributed by atoms with Gasteiger partial charge >= 0.3 is 12.1 Å². The van der Waals surface area contributed by atoms with Crippen molar-refractivity contribution in [1.82, 2.24) is 0 Å². The molecule has 0 bridgehead atoms. The maximum Gasteiger partial charge on any atom is 0.416 e. The van der Waals surface area contributed by atoms with Crippen LogP contribution in [-0.4, -0.2) is 25.9 Å². The van der Waals surface area contributed by atoms with Crippen molar-refractivity contribution in [2.75, 3.05) is 19.1 Å². The average Bonchev–Trinajstić information content (AvgIpc) is 2.99. The number of rotatable bonds is 4. The SMILES string of the molecule is COC(=O)C1=C(N(C)c2ccccc2)SC(C)(c2ccc(C(F)(F)F)cc2)C1=O. The summed E-state index contributed by atoms with van der Waals surface area (Å²) < 4.78 is 42.2. The number of Topliss-reactive ketones (excluding diaryl/α,β-unsaturated/α-hetero) is 1. The van der Waals surface area contributed by atoms with E-state index >= 15 is 0 Å². The first-order valence-electron chi connectivity index (χ1n) is 8.62. The lowest BCUT2D eigenvalue weighted by Crippen LogP contribution is -2.29. The van der Waals surface area contributed by atoms with E-state index in [0.29, 0.717) is 10.6 Å². The van der Waals surface area contributed by atoms with Gasteiger partial charge in [0.2, 0.25) is 0 Å². The summed E-state index contributed by atoms with van der Waals surface area (Å²) in [6.45, 7) is 1.59. The van der Waals surface area contributed by atoms with Gasteiger partial charge in [-0.25, -0.2) is 4.79 Å².